The van der Waals surface area contributed by atoms with Gasteiger partial charge in [-0.1, -0.05) is 58.6 Å². The van der Waals surface area contributed by atoms with E-state index in [0.29, 0.717) is 16.9 Å². The van der Waals surface area contributed by atoms with Crippen molar-refractivity contribution in [2.24, 2.45) is 23.7 Å². The predicted octanol–water partition coefficient (Wildman–Crippen LogP) is 6.99. The summed E-state index contributed by atoms with van der Waals surface area (Å²) in [5.74, 6) is 3.59. The molecule has 4 aromatic rings. The third kappa shape index (κ3) is 6.94. The molecule has 7 rings (SSSR count). The van der Waals surface area contributed by atoms with E-state index < -0.39 is 42.0 Å². The van der Waals surface area contributed by atoms with Gasteiger partial charge in [-0.25, -0.2) is 23.5 Å². The lowest BCUT2D eigenvalue weighted by atomic mass is 9.94. The molecule has 1 aliphatic carbocycles. The van der Waals surface area contributed by atoms with Crippen LogP contribution in [0.15, 0.2) is 48.7 Å². The number of halogens is 2. The number of likely N-dealkylation sites (tertiary alicyclic amines) is 2. The lowest BCUT2D eigenvalue weighted by Gasteiger charge is -2.40. The highest BCUT2D eigenvalue weighted by Crippen LogP contribution is 2.56. The maximum atomic E-state index is 15.1. The Balaban J connectivity index is 1.07. The number of piperidine rings is 1. The number of alkyl carbamates (subject to hydrolysis) is 1. The Morgan fingerprint density at radius 1 is 0.963 bits per heavy atom. The zero-order valence-corrected chi connectivity index (χ0v) is 31.5. The first-order valence-electron chi connectivity index (χ1n) is 18.8. The van der Waals surface area contributed by atoms with Crippen molar-refractivity contribution in [3.8, 4) is 23.1 Å². The van der Waals surface area contributed by atoms with Gasteiger partial charge in [0.1, 0.15) is 17.7 Å². The molecule has 54 heavy (non-hydrogen) atoms. The fraction of sp³-hybridized carbons (Fsp3) is 0.488. The molecule has 2 aromatic carbocycles. The molecule has 0 radical (unpaired) electrons. The van der Waals surface area contributed by atoms with Crippen molar-refractivity contribution >= 4 is 28.9 Å². The number of fused-ring (bicyclic) bond motifs is 3. The molecule has 11 nitrogen and oxygen atoms in total. The average molecular weight is 740 g/mol. The normalized spacial score (nSPS) is 22.8. The molecule has 6 atom stereocenters. The molecule has 3 N–H and O–H groups in total. The van der Waals surface area contributed by atoms with Gasteiger partial charge in [-0.05, 0) is 67.3 Å². The molecular formula is C41H47F2N7O4. The summed E-state index contributed by atoms with van der Waals surface area (Å²) in [6.07, 6.45) is 2.74. The van der Waals surface area contributed by atoms with E-state index in [1.54, 1.807) is 13.8 Å². The topological polar surface area (TPSA) is 136 Å². The number of methoxy groups -OCH3 is 1. The number of aromatic nitrogens is 4. The average Bonchev–Trinajstić information content (AvgIpc) is 3.99. The minimum absolute atomic E-state index is 0.0391. The molecule has 0 spiro atoms. The van der Waals surface area contributed by atoms with Gasteiger partial charge in [0.2, 0.25) is 11.8 Å². The van der Waals surface area contributed by atoms with Crippen LogP contribution >= 0.6 is 0 Å². The van der Waals surface area contributed by atoms with E-state index in [1.165, 1.54) is 12.0 Å². The number of hydrogen-bond donors (Lipinski definition) is 3. The smallest absolute Gasteiger partial charge is 0.407 e. The minimum Gasteiger partial charge on any atom is -0.453 e. The largest absolute Gasteiger partial charge is 0.453 e. The van der Waals surface area contributed by atoms with Gasteiger partial charge in [0.15, 0.2) is 0 Å². The van der Waals surface area contributed by atoms with Crippen LogP contribution in [0.4, 0.5) is 13.6 Å². The van der Waals surface area contributed by atoms with Gasteiger partial charge in [-0.2, -0.15) is 0 Å². The lowest BCUT2D eigenvalue weighted by molar-refractivity contribution is -0.154. The van der Waals surface area contributed by atoms with Crippen molar-refractivity contribution in [2.45, 2.75) is 90.4 Å². The van der Waals surface area contributed by atoms with Crippen molar-refractivity contribution in [1.82, 2.24) is 35.1 Å². The van der Waals surface area contributed by atoms with Crippen molar-refractivity contribution < 1.29 is 27.9 Å². The summed E-state index contributed by atoms with van der Waals surface area (Å²) in [6.45, 7) is 10.4. The molecule has 2 aliphatic heterocycles. The highest BCUT2D eigenvalue weighted by Gasteiger charge is 2.64. The molecule has 1 saturated carbocycles. The number of hydrogen-bond acceptors (Lipinski definition) is 6. The van der Waals surface area contributed by atoms with Crippen LogP contribution in [0.25, 0.3) is 22.3 Å². The highest BCUT2D eigenvalue weighted by atomic mass is 19.3. The molecule has 0 unspecified atom stereocenters. The molecule has 3 amide bonds. The maximum absolute atomic E-state index is 15.1. The Bertz CT molecular complexity index is 2110. The van der Waals surface area contributed by atoms with Gasteiger partial charge in [-0.15, -0.1) is 0 Å². The third-order valence-corrected chi connectivity index (χ3v) is 11.4. The van der Waals surface area contributed by atoms with E-state index in [9.17, 15) is 14.4 Å². The zero-order valence-electron chi connectivity index (χ0n) is 31.5. The first kappa shape index (κ1) is 37.1. The second-order valence-electron chi connectivity index (χ2n) is 15.6. The number of alkyl halides is 2. The summed E-state index contributed by atoms with van der Waals surface area (Å²) in [6, 6.07) is 10.3. The lowest BCUT2D eigenvalue weighted by Crippen LogP contribution is -2.57. The Morgan fingerprint density at radius 2 is 1.69 bits per heavy atom. The summed E-state index contributed by atoms with van der Waals surface area (Å²) in [4.78, 5) is 58.5. The molecule has 3 aliphatic rings. The van der Waals surface area contributed by atoms with Crippen LogP contribution in [0.1, 0.15) is 95.2 Å². The van der Waals surface area contributed by atoms with Crippen LogP contribution in [0.3, 0.4) is 0 Å². The monoisotopic (exact) mass is 739 g/mol. The van der Waals surface area contributed by atoms with Crippen LogP contribution in [-0.2, 0) is 14.3 Å². The minimum atomic E-state index is -3.04. The second kappa shape index (κ2) is 14.5. The number of ether oxygens (including phenoxy) is 1. The number of benzene rings is 2. The Hall–Kier alpha value is -5.25. The predicted molar refractivity (Wildman–Crippen MR) is 199 cm³/mol. The number of carbonyl (C=O) groups is 3. The number of rotatable bonds is 8. The van der Waals surface area contributed by atoms with Crippen LogP contribution in [-0.4, -0.2) is 79.3 Å². The third-order valence-electron chi connectivity index (χ3n) is 11.4. The Kier molecular flexibility index (Phi) is 9.98. The molecule has 3 fully saturated rings. The van der Waals surface area contributed by atoms with Crippen molar-refractivity contribution in [3.05, 3.63) is 71.4 Å². The molecule has 2 saturated heterocycles. The van der Waals surface area contributed by atoms with Crippen LogP contribution in [0.2, 0.25) is 0 Å². The molecule has 2 bridgehead atoms. The van der Waals surface area contributed by atoms with E-state index in [2.05, 4.69) is 41.0 Å². The standard InChI is InChI=1S/C41H47F2N7O4/c1-22(2)24(5)38(51)49-17-7-8-32(49)36-44-21-31(47-36)27-14-11-25(12-15-27)9-10-26-13-16-29-30(18-26)46-37(45-29)35-28-19-33(41(42,43)20-28)50(35)39(52)34(23(3)4)48-40(53)54-6/h11-16,18,21-24,28,32-35H,7-8,17,19-20H2,1-6H3,(H,44,47)(H,45,46)(H,48,53)/t24-,28+,32-,33-,34-,35-/m0/s1. The van der Waals surface area contributed by atoms with E-state index in [4.69, 9.17) is 14.7 Å². The molecule has 2 aromatic heterocycles. The van der Waals surface area contributed by atoms with E-state index in [-0.39, 0.29) is 42.5 Å². The molecular weight excluding hydrogens is 692 g/mol. The quantitative estimate of drug-likeness (QED) is 0.167. The summed E-state index contributed by atoms with van der Waals surface area (Å²) in [5.41, 5.74) is 4.58. The number of H-pyrrole nitrogens is 2. The number of amides is 3. The molecule has 284 valence electrons. The highest BCUT2D eigenvalue weighted by molar-refractivity contribution is 5.87. The van der Waals surface area contributed by atoms with Gasteiger partial charge in [0, 0.05) is 41.8 Å². The fourth-order valence-electron chi connectivity index (χ4n) is 8.14. The molecule has 4 heterocycles. The Labute approximate surface area is 313 Å². The van der Waals surface area contributed by atoms with Crippen LogP contribution < -0.4 is 5.32 Å². The second-order valence-corrected chi connectivity index (χ2v) is 15.6. The van der Waals surface area contributed by atoms with Gasteiger partial charge < -0.3 is 29.8 Å². The summed E-state index contributed by atoms with van der Waals surface area (Å²) < 4.78 is 34.9. The number of carbonyl (C=O) groups excluding carboxylic acids is 3. The van der Waals surface area contributed by atoms with Gasteiger partial charge in [0.25, 0.3) is 5.92 Å². The Morgan fingerprint density at radius 3 is 2.39 bits per heavy atom. The van der Waals surface area contributed by atoms with Crippen molar-refractivity contribution in [3.63, 3.8) is 0 Å². The number of imidazole rings is 2. The summed E-state index contributed by atoms with van der Waals surface area (Å²) in [5, 5.41) is 2.54. The summed E-state index contributed by atoms with van der Waals surface area (Å²) in [7, 11) is 1.19. The zero-order chi connectivity index (χ0) is 38.5. The number of nitrogens with one attached hydrogen (secondary N) is 3. The number of aromatic amines is 2. The first-order chi connectivity index (χ1) is 25.7. The van der Waals surface area contributed by atoms with E-state index in [0.717, 1.165) is 47.6 Å². The fourth-order valence-corrected chi connectivity index (χ4v) is 8.14. The van der Waals surface area contributed by atoms with Crippen LogP contribution in [0.5, 0.6) is 0 Å². The maximum Gasteiger partial charge on any atom is 0.407 e. The van der Waals surface area contributed by atoms with Crippen molar-refractivity contribution in [1.29, 1.82) is 0 Å². The first-order valence-corrected chi connectivity index (χ1v) is 18.8. The van der Waals surface area contributed by atoms with Crippen LogP contribution in [0, 0.1) is 35.5 Å². The SMILES string of the molecule is COC(=O)N[C@H](C(=O)N1[C@H](c2nc3cc(C#Cc4ccc(-c5c[nH]c([C@@H]6CCCN6C(=O)[C@@H](C)C(C)C)n5)cc4)ccc3[nH]2)[C@@H]2C[C@H]1C(F)(F)C2)C(C)C. The summed E-state index contributed by atoms with van der Waals surface area (Å²) >= 11 is 0. The van der Waals surface area contributed by atoms with E-state index in [1.807, 2.05) is 60.5 Å². The van der Waals surface area contributed by atoms with Gasteiger partial charge in [-0.3, -0.25) is 9.59 Å². The number of nitrogens with zero attached hydrogens (tertiary/aromatic N) is 4. The molecule has 13 heteroatoms. The van der Waals surface area contributed by atoms with E-state index >= 15 is 8.78 Å². The van der Waals surface area contributed by atoms with Gasteiger partial charge in [0.05, 0.1) is 42.0 Å². The van der Waals surface area contributed by atoms with Gasteiger partial charge >= 0.3 is 6.09 Å². The van der Waals surface area contributed by atoms with Crippen molar-refractivity contribution in [2.75, 3.05) is 13.7 Å².